The molecule has 110 valence electrons. The first-order valence-electron chi connectivity index (χ1n) is 7.02. The second kappa shape index (κ2) is 5.50. The number of aromatic nitrogens is 2. The van der Waals surface area contributed by atoms with Gasteiger partial charge in [-0.1, -0.05) is 0 Å². The summed E-state index contributed by atoms with van der Waals surface area (Å²) in [6.07, 6.45) is 0.184. The van der Waals surface area contributed by atoms with E-state index in [4.69, 9.17) is 10.5 Å². The van der Waals surface area contributed by atoms with Crippen LogP contribution in [0.15, 0.2) is 29.6 Å². The molecule has 0 saturated carbocycles. The lowest BCUT2D eigenvalue weighted by Gasteiger charge is -2.10. The summed E-state index contributed by atoms with van der Waals surface area (Å²) in [6, 6.07) is 8.17. The van der Waals surface area contributed by atoms with Crippen LogP contribution in [-0.4, -0.2) is 15.5 Å². The molecule has 5 heteroatoms. The molecule has 2 aromatic heterocycles. The molecule has 0 aliphatic heterocycles. The fourth-order valence-corrected chi connectivity index (χ4v) is 3.40. The molecule has 0 aliphatic rings. The summed E-state index contributed by atoms with van der Waals surface area (Å²) >= 11 is 1.64. The van der Waals surface area contributed by atoms with Gasteiger partial charge in [0.2, 0.25) is 0 Å². The molecule has 0 spiro atoms. The molecule has 0 radical (unpaired) electrons. The predicted octanol–water partition coefficient (Wildman–Crippen LogP) is 3.62. The number of fused-ring (bicyclic) bond motifs is 1. The van der Waals surface area contributed by atoms with Gasteiger partial charge >= 0.3 is 0 Å². The van der Waals surface area contributed by atoms with Crippen LogP contribution in [0.25, 0.3) is 16.2 Å². The highest BCUT2D eigenvalue weighted by Gasteiger charge is 2.14. The fourth-order valence-electron chi connectivity index (χ4n) is 2.44. The van der Waals surface area contributed by atoms with Crippen molar-refractivity contribution in [1.82, 2.24) is 9.38 Å². The molecule has 2 N–H and O–H groups in total. The van der Waals surface area contributed by atoms with Gasteiger partial charge in [0.05, 0.1) is 23.2 Å². The molecule has 4 nitrogen and oxygen atoms in total. The summed E-state index contributed by atoms with van der Waals surface area (Å²) < 4.78 is 7.84. The van der Waals surface area contributed by atoms with Crippen molar-refractivity contribution in [2.24, 2.45) is 5.73 Å². The van der Waals surface area contributed by atoms with E-state index < -0.39 is 0 Å². The zero-order valence-electron chi connectivity index (χ0n) is 12.5. The first-order valence-corrected chi connectivity index (χ1v) is 7.90. The van der Waals surface area contributed by atoms with Crippen molar-refractivity contribution in [3.63, 3.8) is 0 Å². The highest BCUT2D eigenvalue weighted by molar-refractivity contribution is 7.15. The number of ether oxygens (including phenoxy) is 1. The van der Waals surface area contributed by atoms with Crippen molar-refractivity contribution in [3.05, 3.63) is 41.0 Å². The van der Waals surface area contributed by atoms with Crippen molar-refractivity contribution < 1.29 is 4.74 Å². The predicted molar refractivity (Wildman–Crippen MR) is 86.9 cm³/mol. The quantitative estimate of drug-likeness (QED) is 0.801. The molecule has 0 aliphatic carbocycles. The molecule has 0 bridgehead atoms. The lowest BCUT2D eigenvalue weighted by molar-refractivity contribution is 0.242. The van der Waals surface area contributed by atoms with Gasteiger partial charge in [-0.2, -0.15) is 0 Å². The third-order valence-corrected chi connectivity index (χ3v) is 4.20. The van der Waals surface area contributed by atoms with Gasteiger partial charge in [-0.15, -0.1) is 11.3 Å². The number of nitrogens with zero attached hydrogens (tertiary/aromatic N) is 2. The van der Waals surface area contributed by atoms with Gasteiger partial charge < -0.3 is 10.5 Å². The Morgan fingerprint density at radius 1 is 1.29 bits per heavy atom. The monoisotopic (exact) mass is 301 g/mol. The molecular weight excluding hydrogens is 282 g/mol. The number of imidazole rings is 1. The lowest BCUT2D eigenvalue weighted by Crippen LogP contribution is -2.05. The summed E-state index contributed by atoms with van der Waals surface area (Å²) in [5.41, 5.74) is 10.2. The molecule has 0 amide bonds. The van der Waals surface area contributed by atoms with Gasteiger partial charge in [-0.25, -0.2) is 4.98 Å². The highest BCUT2D eigenvalue weighted by atomic mass is 32.1. The lowest BCUT2D eigenvalue weighted by atomic mass is 10.1. The first kappa shape index (κ1) is 14.1. The highest BCUT2D eigenvalue weighted by Crippen LogP contribution is 2.30. The molecule has 0 fully saturated rings. The van der Waals surface area contributed by atoms with Gasteiger partial charge in [-0.3, -0.25) is 4.40 Å². The molecule has 21 heavy (non-hydrogen) atoms. The maximum atomic E-state index is 5.87. The first-order chi connectivity index (χ1) is 10.1. The van der Waals surface area contributed by atoms with Crippen LogP contribution in [0.1, 0.15) is 25.2 Å². The third-order valence-electron chi connectivity index (χ3n) is 3.37. The normalized spacial score (nSPS) is 11.5. The van der Waals surface area contributed by atoms with Crippen molar-refractivity contribution in [2.45, 2.75) is 33.4 Å². The van der Waals surface area contributed by atoms with Crippen LogP contribution in [0.3, 0.4) is 0 Å². The molecule has 0 saturated heterocycles. The van der Waals surface area contributed by atoms with E-state index in [0.29, 0.717) is 6.54 Å². The summed E-state index contributed by atoms with van der Waals surface area (Å²) in [5.74, 6) is 0.890. The molecule has 3 rings (SSSR count). The maximum absolute atomic E-state index is 5.87. The molecular formula is C16H19N3OS. The summed E-state index contributed by atoms with van der Waals surface area (Å²) in [7, 11) is 0. The SMILES string of the molecule is Cc1nc2scc(-c3ccc(OC(C)C)cc3)n2c1CN. The standard InChI is InChI=1S/C16H19N3OS/c1-10(2)20-13-6-4-12(5-7-13)15-9-21-16-18-11(3)14(8-17)19(15)16/h4-7,9-10H,8,17H2,1-3H3. The number of thiazole rings is 1. The minimum absolute atomic E-state index is 0.184. The van der Waals surface area contributed by atoms with Crippen molar-refractivity contribution in [3.8, 4) is 17.0 Å². The smallest absolute Gasteiger partial charge is 0.194 e. The van der Waals surface area contributed by atoms with Crippen LogP contribution in [-0.2, 0) is 6.54 Å². The second-order valence-corrected chi connectivity index (χ2v) is 6.11. The van der Waals surface area contributed by atoms with Crippen molar-refractivity contribution in [1.29, 1.82) is 0 Å². The zero-order valence-corrected chi connectivity index (χ0v) is 13.3. The van der Waals surface area contributed by atoms with Crippen molar-refractivity contribution in [2.75, 3.05) is 0 Å². The Balaban J connectivity index is 2.04. The van der Waals surface area contributed by atoms with E-state index in [-0.39, 0.29) is 6.10 Å². The van der Waals surface area contributed by atoms with E-state index in [2.05, 4.69) is 26.9 Å². The van der Waals surface area contributed by atoms with Gasteiger partial charge in [0, 0.05) is 11.9 Å². The van der Waals surface area contributed by atoms with Crippen LogP contribution in [0.4, 0.5) is 0 Å². The summed E-state index contributed by atoms with van der Waals surface area (Å²) in [6.45, 7) is 6.55. The Morgan fingerprint density at radius 3 is 2.62 bits per heavy atom. The minimum Gasteiger partial charge on any atom is -0.491 e. The molecule has 0 unspecified atom stereocenters. The van der Waals surface area contributed by atoms with Crippen LogP contribution >= 0.6 is 11.3 Å². The maximum Gasteiger partial charge on any atom is 0.194 e. The average Bonchev–Trinajstić information content (AvgIpc) is 2.97. The largest absolute Gasteiger partial charge is 0.491 e. The summed E-state index contributed by atoms with van der Waals surface area (Å²) in [5, 5.41) is 2.12. The number of benzene rings is 1. The Kier molecular flexibility index (Phi) is 3.69. The third kappa shape index (κ3) is 2.54. The molecule has 2 heterocycles. The fraction of sp³-hybridized carbons (Fsp3) is 0.312. The number of hydrogen-bond donors (Lipinski definition) is 1. The van der Waals surface area contributed by atoms with E-state index in [0.717, 1.165) is 33.4 Å². The Hall–Kier alpha value is -1.85. The Bertz CT molecular complexity index is 756. The van der Waals surface area contributed by atoms with E-state index in [9.17, 15) is 0 Å². The van der Waals surface area contributed by atoms with Crippen molar-refractivity contribution >= 4 is 16.3 Å². The minimum atomic E-state index is 0.184. The second-order valence-electron chi connectivity index (χ2n) is 5.28. The Labute approximate surface area is 128 Å². The average molecular weight is 301 g/mol. The summed E-state index contributed by atoms with van der Waals surface area (Å²) in [4.78, 5) is 5.55. The molecule has 3 aromatic rings. The van der Waals surface area contributed by atoms with Gasteiger partial charge in [-0.05, 0) is 50.6 Å². The number of nitrogens with two attached hydrogens (primary N) is 1. The van der Waals surface area contributed by atoms with Crippen LogP contribution in [0.5, 0.6) is 5.75 Å². The van der Waals surface area contributed by atoms with E-state index >= 15 is 0 Å². The zero-order chi connectivity index (χ0) is 15.0. The Morgan fingerprint density at radius 2 is 2.00 bits per heavy atom. The van der Waals surface area contributed by atoms with Crippen LogP contribution < -0.4 is 10.5 Å². The van der Waals surface area contributed by atoms with E-state index in [1.54, 1.807) is 11.3 Å². The number of aryl methyl sites for hydroxylation is 1. The van der Waals surface area contributed by atoms with Crippen LogP contribution in [0.2, 0.25) is 0 Å². The van der Waals surface area contributed by atoms with Gasteiger partial charge in [0.1, 0.15) is 5.75 Å². The van der Waals surface area contributed by atoms with Gasteiger partial charge in [0.15, 0.2) is 4.96 Å². The molecule has 1 aromatic carbocycles. The van der Waals surface area contributed by atoms with E-state index in [1.165, 1.54) is 0 Å². The van der Waals surface area contributed by atoms with E-state index in [1.807, 2.05) is 32.9 Å². The van der Waals surface area contributed by atoms with Gasteiger partial charge in [0.25, 0.3) is 0 Å². The topological polar surface area (TPSA) is 52.5 Å². The molecule has 0 atom stereocenters. The van der Waals surface area contributed by atoms with Crippen LogP contribution in [0, 0.1) is 6.92 Å². The number of rotatable bonds is 4. The number of hydrogen-bond acceptors (Lipinski definition) is 4.